The molecule has 28 heavy (non-hydrogen) atoms. The van der Waals surface area contributed by atoms with Crippen LogP contribution in [-0.2, 0) is 21.1 Å². The molecule has 1 heterocycles. The molecule has 3 rings (SSSR count). The minimum Gasteiger partial charge on any atom is -0.496 e. The van der Waals surface area contributed by atoms with E-state index in [-0.39, 0.29) is 17.3 Å². The van der Waals surface area contributed by atoms with Gasteiger partial charge in [-0.3, -0.25) is 4.79 Å². The molecule has 150 valence electrons. The van der Waals surface area contributed by atoms with E-state index in [1.165, 1.54) is 12.1 Å². The maximum absolute atomic E-state index is 12.8. The van der Waals surface area contributed by atoms with Crippen LogP contribution in [0.2, 0.25) is 5.02 Å². The number of nitrogens with zero attached hydrogens (tertiary/aromatic N) is 1. The molecule has 1 fully saturated rings. The van der Waals surface area contributed by atoms with Crippen molar-refractivity contribution in [3.05, 3.63) is 57.5 Å². The van der Waals surface area contributed by atoms with Crippen LogP contribution in [0.15, 0.2) is 51.8 Å². The number of rotatable bonds is 6. The Hall–Kier alpha value is -1.57. The second kappa shape index (κ2) is 8.84. The fourth-order valence-electron chi connectivity index (χ4n) is 3.30. The highest BCUT2D eigenvalue weighted by atomic mass is 79.9. The SMILES string of the molecule is COc1ccc(CCC(=O)N2CCC(S(=O)(=O)c3ccc(Cl)cc3)C2)cc1Br. The highest BCUT2D eigenvalue weighted by molar-refractivity contribution is 9.10. The second-order valence-corrected chi connectivity index (χ2v) is 10.2. The summed E-state index contributed by atoms with van der Waals surface area (Å²) in [7, 11) is -1.87. The van der Waals surface area contributed by atoms with E-state index in [2.05, 4.69) is 15.9 Å². The summed E-state index contributed by atoms with van der Waals surface area (Å²) in [5.74, 6) is 0.714. The second-order valence-electron chi connectivity index (χ2n) is 6.72. The van der Waals surface area contributed by atoms with Crippen LogP contribution in [-0.4, -0.2) is 44.7 Å². The Morgan fingerprint density at radius 2 is 1.96 bits per heavy atom. The molecule has 2 aromatic rings. The van der Waals surface area contributed by atoms with Gasteiger partial charge >= 0.3 is 0 Å². The van der Waals surface area contributed by atoms with Gasteiger partial charge in [0.2, 0.25) is 5.91 Å². The van der Waals surface area contributed by atoms with Crippen LogP contribution in [0.25, 0.3) is 0 Å². The third-order valence-corrected chi connectivity index (χ3v) is 7.99. The molecule has 0 aromatic heterocycles. The van der Waals surface area contributed by atoms with Crippen LogP contribution < -0.4 is 4.74 Å². The summed E-state index contributed by atoms with van der Waals surface area (Å²) in [6, 6.07) is 11.9. The molecule has 1 unspecified atom stereocenters. The van der Waals surface area contributed by atoms with E-state index in [9.17, 15) is 13.2 Å². The van der Waals surface area contributed by atoms with Gasteiger partial charge in [-0.05, 0) is 70.7 Å². The summed E-state index contributed by atoms with van der Waals surface area (Å²) in [6.45, 7) is 0.693. The molecule has 1 aliphatic heterocycles. The monoisotopic (exact) mass is 485 g/mol. The van der Waals surface area contributed by atoms with Crippen molar-refractivity contribution in [2.45, 2.75) is 29.4 Å². The Kier molecular flexibility index (Phi) is 6.68. The van der Waals surface area contributed by atoms with Crippen LogP contribution in [0.4, 0.5) is 0 Å². The zero-order valence-corrected chi connectivity index (χ0v) is 18.6. The summed E-state index contributed by atoms with van der Waals surface area (Å²) in [5.41, 5.74) is 1.02. The number of hydrogen-bond acceptors (Lipinski definition) is 4. The van der Waals surface area contributed by atoms with E-state index < -0.39 is 15.1 Å². The maximum Gasteiger partial charge on any atom is 0.222 e. The van der Waals surface area contributed by atoms with Gasteiger partial charge in [0.1, 0.15) is 5.75 Å². The predicted octanol–water partition coefficient (Wildman–Crippen LogP) is 4.12. The lowest BCUT2D eigenvalue weighted by Crippen LogP contribution is -2.32. The van der Waals surface area contributed by atoms with E-state index >= 15 is 0 Å². The summed E-state index contributed by atoms with van der Waals surface area (Å²) in [5, 5.41) is -0.0832. The largest absolute Gasteiger partial charge is 0.496 e. The molecule has 1 atom stereocenters. The van der Waals surface area contributed by atoms with Crippen molar-refractivity contribution < 1.29 is 17.9 Å². The van der Waals surface area contributed by atoms with Crippen molar-refractivity contribution in [1.29, 1.82) is 0 Å². The lowest BCUT2D eigenvalue weighted by molar-refractivity contribution is -0.130. The first-order valence-electron chi connectivity index (χ1n) is 8.91. The topological polar surface area (TPSA) is 63.7 Å². The Labute approximate surface area is 178 Å². The average Bonchev–Trinajstić information content (AvgIpc) is 3.18. The van der Waals surface area contributed by atoms with E-state index in [0.29, 0.717) is 30.8 Å². The summed E-state index contributed by atoms with van der Waals surface area (Å²) in [6.07, 6.45) is 1.38. The minimum absolute atomic E-state index is 0.0271. The summed E-state index contributed by atoms with van der Waals surface area (Å²) < 4.78 is 31.6. The number of aryl methyl sites for hydroxylation is 1. The number of methoxy groups -OCH3 is 1. The highest BCUT2D eigenvalue weighted by Gasteiger charge is 2.35. The first-order valence-corrected chi connectivity index (χ1v) is 11.6. The highest BCUT2D eigenvalue weighted by Crippen LogP contribution is 2.27. The molecule has 1 aliphatic rings. The van der Waals surface area contributed by atoms with Crippen molar-refractivity contribution in [2.24, 2.45) is 0 Å². The van der Waals surface area contributed by atoms with Gasteiger partial charge in [-0.15, -0.1) is 0 Å². The first kappa shape index (κ1) is 21.1. The number of likely N-dealkylation sites (tertiary alicyclic amines) is 1. The Morgan fingerprint density at radius 1 is 1.25 bits per heavy atom. The fraction of sp³-hybridized carbons (Fsp3) is 0.350. The molecule has 0 spiro atoms. The zero-order valence-electron chi connectivity index (χ0n) is 15.4. The van der Waals surface area contributed by atoms with Crippen molar-refractivity contribution in [1.82, 2.24) is 4.90 Å². The van der Waals surface area contributed by atoms with Crippen LogP contribution in [0.1, 0.15) is 18.4 Å². The number of sulfone groups is 1. The Bertz CT molecular complexity index is 963. The first-order chi connectivity index (χ1) is 13.3. The molecule has 0 aliphatic carbocycles. The van der Waals surface area contributed by atoms with Gasteiger partial charge in [-0.2, -0.15) is 0 Å². The fourth-order valence-corrected chi connectivity index (χ4v) is 5.71. The van der Waals surface area contributed by atoms with Gasteiger partial charge in [0.25, 0.3) is 0 Å². The number of hydrogen-bond donors (Lipinski definition) is 0. The normalized spacial score (nSPS) is 17.0. The number of carbonyl (C=O) groups excluding carboxylic acids is 1. The molecule has 1 amide bonds. The number of amides is 1. The third-order valence-electron chi connectivity index (χ3n) is 4.92. The van der Waals surface area contributed by atoms with Crippen LogP contribution in [0.3, 0.4) is 0 Å². The molecular formula is C20H21BrClNO4S. The van der Waals surface area contributed by atoms with Crippen LogP contribution in [0, 0.1) is 0 Å². The number of ether oxygens (including phenoxy) is 1. The number of benzene rings is 2. The molecule has 0 N–H and O–H groups in total. The lowest BCUT2D eigenvalue weighted by Gasteiger charge is -2.17. The molecule has 8 heteroatoms. The van der Waals surface area contributed by atoms with Crippen molar-refractivity contribution >= 4 is 43.3 Å². The third kappa shape index (κ3) is 4.70. The average molecular weight is 487 g/mol. The van der Waals surface area contributed by atoms with E-state index in [1.54, 1.807) is 24.1 Å². The number of halogens is 2. The van der Waals surface area contributed by atoms with Gasteiger partial charge < -0.3 is 9.64 Å². The lowest BCUT2D eigenvalue weighted by atomic mass is 10.1. The van der Waals surface area contributed by atoms with Crippen LogP contribution >= 0.6 is 27.5 Å². The van der Waals surface area contributed by atoms with Crippen molar-refractivity contribution in [2.75, 3.05) is 20.2 Å². The van der Waals surface area contributed by atoms with Crippen molar-refractivity contribution in [3.63, 3.8) is 0 Å². The molecule has 0 radical (unpaired) electrons. The van der Waals surface area contributed by atoms with Gasteiger partial charge in [0.05, 0.1) is 21.7 Å². The molecular weight excluding hydrogens is 466 g/mol. The van der Waals surface area contributed by atoms with E-state index in [0.717, 1.165) is 15.8 Å². The molecule has 1 saturated heterocycles. The molecule has 0 saturated carbocycles. The van der Waals surface area contributed by atoms with E-state index in [1.807, 2.05) is 18.2 Å². The van der Waals surface area contributed by atoms with Crippen molar-refractivity contribution in [3.8, 4) is 5.75 Å². The molecule has 2 aromatic carbocycles. The molecule has 5 nitrogen and oxygen atoms in total. The number of carbonyl (C=O) groups is 1. The quantitative estimate of drug-likeness (QED) is 0.616. The van der Waals surface area contributed by atoms with Crippen LogP contribution in [0.5, 0.6) is 5.75 Å². The van der Waals surface area contributed by atoms with E-state index in [4.69, 9.17) is 16.3 Å². The summed E-state index contributed by atoms with van der Waals surface area (Å²) >= 11 is 9.28. The molecule has 0 bridgehead atoms. The van der Waals surface area contributed by atoms with Gasteiger partial charge in [0.15, 0.2) is 9.84 Å². The Morgan fingerprint density at radius 3 is 2.61 bits per heavy atom. The summed E-state index contributed by atoms with van der Waals surface area (Å²) in [4.78, 5) is 14.5. The Balaban J connectivity index is 1.59. The maximum atomic E-state index is 12.8. The van der Waals surface area contributed by atoms with Gasteiger partial charge in [-0.25, -0.2) is 8.42 Å². The zero-order chi connectivity index (χ0) is 20.3. The van der Waals surface area contributed by atoms with Gasteiger partial charge in [-0.1, -0.05) is 17.7 Å². The standard InChI is InChI=1S/C20H21BrClNO4S/c1-27-19-8-2-14(12-18(19)21)3-9-20(24)23-11-10-17(13-23)28(25,26)16-6-4-15(22)5-7-16/h2,4-8,12,17H,3,9-11,13H2,1H3. The van der Waals surface area contributed by atoms with Gasteiger partial charge in [0, 0.05) is 24.5 Å². The predicted molar refractivity (Wildman–Crippen MR) is 113 cm³/mol. The minimum atomic E-state index is -3.47. The smallest absolute Gasteiger partial charge is 0.222 e.